The predicted octanol–water partition coefficient (Wildman–Crippen LogP) is 2.16. The van der Waals surface area contributed by atoms with Crippen LogP contribution >= 0.6 is 0 Å². The number of rotatable bonds is 5. The van der Waals surface area contributed by atoms with Gasteiger partial charge >= 0.3 is 6.03 Å². The molecule has 1 aromatic heterocycles. The van der Waals surface area contributed by atoms with Crippen LogP contribution in [0.15, 0.2) is 34.7 Å². The van der Waals surface area contributed by atoms with Gasteiger partial charge in [0.2, 0.25) is 5.91 Å². The van der Waals surface area contributed by atoms with Gasteiger partial charge in [-0.05, 0) is 38.3 Å². The lowest BCUT2D eigenvalue weighted by Gasteiger charge is -2.35. The molecule has 0 radical (unpaired) electrons. The number of carbonyl (C=O) groups excluding carboxylic acids is 3. The van der Waals surface area contributed by atoms with Gasteiger partial charge in [-0.3, -0.25) is 14.5 Å². The van der Waals surface area contributed by atoms with Crippen molar-refractivity contribution < 1.29 is 27.2 Å². The number of carbonyl (C=O) groups is 3. The van der Waals surface area contributed by atoms with Gasteiger partial charge in [0.25, 0.3) is 5.91 Å². The largest absolute Gasteiger partial charge is 0.458 e. The number of fused-ring (bicyclic) bond motifs is 1. The van der Waals surface area contributed by atoms with Crippen LogP contribution in [0.3, 0.4) is 0 Å². The molecular weight excluding hydrogens is 446 g/mol. The van der Waals surface area contributed by atoms with Crippen molar-refractivity contribution in [2.24, 2.45) is 0 Å². The van der Waals surface area contributed by atoms with Crippen LogP contribution in [0.1, 0.15) is 44.8 Å². The monoisotopic (exact) mass is 473 g/mol. The van der Waals surface area contributed by atoms with Gasteiger partial charge in [0.05, 0.1) is 11.5 Å². The Morgan fingerprint density at radius 3 is 2.58 bits per heavy atom. The number of nitrogens with one attached hydrogen (secondary N) is 1. The van der Waals surface area contributed by atoms with Crippen LogP contribution in [0.5, 0.6) is 0 Å². The second-order valence-electron chi connectivity index (χ2n) is 9.39. The molecule has 10 heteroatoms. The highest BCUT2D eigenvalue weighted by molar-refractivity contribution is 7.91. The lowest BCUT2D eigenvalue weighted by molar-refractivity contribution is -0.141. The van der Waals surface area contributed by atoms with E-state index in [0.717, 1.165) is 36.0 Å². The molecule has 3 heterocycles. The molecule has 3 aliphatic rings. The maximum atomic E-state index is 13.4. The third-order valence-electron chi connectivity index (χ3n) is 7.09. The number of hydrogen-bond acceptors (Lipinski definition) is 6. The first kappa shape index (κ1) is 21.9. The van der Waals surface area contributed by atoms with Crippen LogP contribution in [-0.2, 0) is 25.0 Å². The van der Waals surface area contributed by atoms with Crippen molar-refractivity contribution in [3.05, 3.63) is 36.1 Å². The van der Waals surface area contributed by atoms with Crippen LogP contribution in [0, 0.1) is 0 Å². The van der Waals surface area contributed by atoms with Gasteiger partial charge in [-0.2, -0.15) is 0 Å². The summed E-state index contributed by atoms with van der Waals surface area (Å²) in [6.45, 7) is 1.14. The Morgan fingerprint density at radius 1 is 1.18 bits per heavy atom. The Morgan fingerprint density at radius 2 is 1.91 bits per heavy atom. The van der Waals surface area contributed by atoms with E-state index in [1.54, 1.807) is 24.0 Å². The molecule has 2 aromatic rings. The Bertz CT molecular complexity index is 1200. The fourth-order valence-corrected chi connectivity index (χ4v) is 7.05. The number of para-hydroxylation sites is 1. The number of benzene rings is 1. The molecule has 2 aliphatic heterocycles. The van der Waals surface area contributed by atoms with Gasteiger partial charge in [-0.25, -0.2) is 13.2 Å². The molecule has 2 saturated heterocycles. The highest BCUT2D eigenvalue weighted by Crippen LogP contribution is 2.34. The Labute approximate surface area is 192 Å². The second kappa shape index (κ2) is 7.86. The van der Waals surface area contributed by atoms with Crippen LogP contribution in [0.25, 0.3) is 11.0 Å². The first-order valence-corrected chi connectivity index (χ1v) is 13.1. The summed E-state index contributed by atoms with van der Waals surface area (Å²) in [4.78, 5) is 42.1. The van der Waals surface area contributed by atoms with Crippen molar-refractivity contribution in [3.63, 3.8) is 0 Å². The van der Waals surface area contributed by atoms with Gasteiger partial charge in [-0.15, -0.1) is 0 Å². The molecule has 1 aromatic carbocycles. The number of nitrogens with zero attached hydrogens (tertiary/aromatic N) is 2. The van der Waals surface area contributed by atoms with E-state index < -0.39 is 39.9 Å². The lowest BCUT2D eigenvalue weighted by Crippen LogP contribution is -2.51. The topological polar surface area (TPSA) is 117 Å². The summed E-state index contributed by atoms with van der Waals surface area (Å²) in [6, 6.07) is 7.88. The molecule has 0 spiro atoms. The summed E-state index contributed by atoms with van der Waals surface area (Å²) in [5.41, 5.74) is -0.828. The number of urea groups is 1. The van der Waals surface area contributed by atoms with E-state index >= 15 is 0 Å². The summed E-state index contributed by atoms with van der Waals surface area (Å²) in [5.74, 6) is -0.661. The first-order valence-electron chi connectivity index (χ1n) is 11.3. The molecule has 1 saturated carbocycles. The van der Waals surface area contributed by atoms with Crippen molar-refractivity contribution in [1.29, 1.82) is 0 Å². The molecule has 2 atom stereocenters. The molecule has 176 valence electrons. The SMILES string of the molecule is C[C@@]1(c2cc3ccccc3o2)NC(=O)N(CC(=O)N(C2CCCC2)[C@@H]2CCS(=O)(=O)C2)C1=O. The zero-order valence-corrected chi connectivity index (χ0v) is 19.3. The van der Waals surface area contributed by atoms with E-state index in [0.29, 0.717) is 17.8 Å². The second-order valence-corrected chi connectivity index (χ2v) is 11.6. The summed E-state index contributed by atoms with van der Waals surface area (Å²) < 4.78 is 30.0. The third kappa shape index (κ3) is 3.80. The van der Waals surface area contributed by atoms with E-state index in [1.165, 1.54) is 0 Å². The molecule has 5 rings (SSSR count). The number of amides is 4. The highest BCUT2D eigenvalue weighted by atomic mass is 32.2. The zero-order valence-electron chi connectivity index (χ0n) is 18.5. The van der Waals surface area contributed by atoms with Crippen LogP contribution in [0.2, 0.25) is 0 Å². The predicted molar refractivity (Wildman–Crippen MR) is 120 cm³/mol. The molecule has 1 N–H and O–H groups in total. The summed E-state index contributed by atoms with van der Waals surface area (Å²) in [7, 11) is -3.19. The van der Waals surface area contributed by atoms with Gasteiger partial charge in [0, 0.05) is 17.5 Å². The van der Waals surface area contributed by atoms with E-state index in [9.17, 15) is 22.8 Å². The van der Waals surface area contributed by atoms with Crippen LogP contribution < -0.4 is 5.32 Å². The third-order valence-corrected chi connectivity index (χ3v) is 8.84. The fourth-order valence-electron chi connectivity index (χ4n) is 5.34. The summed E-state index contributed by atoms with van der Waals surface area (Å²) in [6.07, 6.45) is 3.95. The smallest absolute Gasteiger partial charge is 0.325 e. The van der Waals surface area contributed by atoms with E-state index in [-0.39, 0.29) is 23.5 Å². The number of imide groups is 1. The van der Waals surface area contributed by atoms with Crippen molar-refractivity contribution in [3.8, 4) is 0 Å². The molecule has 3 fully saturated rings. The van der Waals surface area contributed by atoms with E-state index in [1.807, 2.05) is 18.2 Å². The van der Waals surface area contributed by atoms with Crippen molar-refractivity contribution >= 4 is 38.7 Å². The van der Waals surface area contributed by atoms with Crippen LogP contribution in [-0.4, -0.2) is 66.2 Å². The number of furan rings is 1. The quantitative estimate of drug-likeness (QED) is 0.665. The highest BCUT2D eigenvalue weighted by Gasteiger charge is 2.52. The minimum atomic E-state index is -3.19. The van der Waals surface area contributed by atoms with Crippen molar-refractivity contribution in [2.75, 3.05) is 18.1 Å². The molecule has 0 bridgehead atoms. The maximum absolute atomic E-state index is 13.4. The molecule has 4 amide bonds. The average Bonchev–Trinajstić information content (AvgIpc) is 3.54. The fraction of sp³-hybridized carbons (Fsp3) is 0.522. The summed E-state index contributed by atoms with van der Waals surface area (Å²) in [5, 5.41) is 3.49. The van der Waals surface area contributed by atoms with Crippen molar-refractivity contribution in [2.45, 2.75) is 56.7 Å². The number of hydrogen-bond donors (Lipinski definition) is 1. The normalized spacial score (nSPS) is 27.4. The molecule has 0 unspecified atom stereocenters. The van der Waals surface area contributed by atoms with Gasteiger partial charge in [0.15, 0.2) is 15.4 Å². The minimum absolute atomic E-state index is 0.0570. The molecule has 1 aliphatic carbocycles. The Kier molecular flexibility index (Phi) is 5.23. The van der Waals surface area contributed by atoms with Gasteiger partial charge in [-0.1, -0.05) is 31.0 Å². The zero-order chi connectivity index (χ0) is 23.4. The van der Waals surface area contributed by atoms with Gasteiger partial charge < -0.3 is 14.6 Å². The minimum Gasteiger partial charge on any atom is -0.458 e. The standard InChI is InChI=1S/C23H27N3O6S/c1-23(19-12-15-6-2-5-9-18(15)32-19)21(28)25(22(29)24-23)13-20(27)26(16-7-3-4-8-16)17-10-11-33(30,31)14-17/h2,5-6,9,12,16-17H,3-4,7-8,10-11,13-14H2,1H3,(H,24,29)/t17-,23+/m1/s1. The van der Waals surface area contributed by atoms with Crippen LogP contribution in [0.4, 0.5) is 4.79 Å². The van der Waals surface area contributed by atoms with Crippen molar-refractivity contribution in [1.82, 2.24) is 15.1 Å². The van der Waals surface area contributed by atoms with E-state index in [2.05, 4.69) is 5.32 Å². The summed E-state index contributed by atoms with van der Waals surface area (Å²) >= 11 is 0. The molecule has 33 heavy (non-hydrogen) atoms. The molecular formula is C23H27N3O6S. The Balaban J connectivity index is 1.38. The molecule has 9 nitrogen and oxygen atoms in total. The lowest BCUT2D eigenvalue weighted by atomic mass is 9.99. The van der Waals surface area contributed by atoms with E-state index in [4.69, 9.17) is 4.42 Å². The van der Waals surface area contributed by atoms with Gasteiger partial charge in [0.1, 0.15) is 17.9 Å². The number of sulfone groups is 1. The first-order chi connectivity index (χ1) is 15.7. The average molecular weight is 474 g/mol. The maximum Gasteiger partial charge on any atom is 0.325 e. The Hall–Kier alpha value is -2.88.